The van der Waals surface area contributed by atoms with Crippen molar-refractivity contribution in [3.05, 3.63) is 0 Å². The van der Waals surface area contributed by atoms with Gasteiger partial charge in [0.1, 0.15) is 0 Å². The van der Waals surface area contributed by atoms with Gasteiger partial charge in [0.05, 0.1) is 15.7 Å². The van der Waals surface area contributed by atoms with Gasteiger partial charge in [-0.2, -0.15) is 0 Å². The molecule has 0 aliphatic heterocycles. The van der Waals surface area contributed by atoms with Crippen LogP contribution in [-0.2, 0) is 11.0 Å². The van der Waals surface area contributed by atoms with Crippen molar-refractivity contribution in [2.24, 2.45) is 5.92 Å². The van der Waals surface area contributed by atoms with Gasteiger partial charge in [-0.05, 0) is 33.1 Å². The molecule has 0 unspecified atom stereocenters. The van der Waals surface area contributed by atoms with Gasteiger partial charge in [-0.25, -0.2) is 8.93 Å². The van der Waals surface area contributed by atoms with E-state index in [2.05, 4.69) is 25.5 Å². The average Bonchev–Trinajstić information content (AvgIpc) is 1.96. The Kier molecular flexibility index (Phi) is 5.15. The molecule has 0 radical (unpaired) electrons. The Hall–Kier alpha value is 0.110. The summed E-state index contributed by atoms with van der Waals surface area (Å²) < 4.78 is 14.8. The molecule has 0 saturated carbocycles. The molecule has 0 amide bonds. The van der Waals surface area contributed by atoms with E-state index in [4.69, 9.17) is 0 Å². The zero-order valence-corrected chi connectivity index (χ0v) is 10.5. The van der Waals surface area contributed by atoms with E-state index in [9.17, 15) is 4.21 Å². The van der Waals surface area contributed by atoms with Crippen molar-refractivity contribution in [1.82, 2.24) is 4.72 Å². The maximum Gasteiger partial charge on any atom is 0.0972 e. The summed E-state index contributed by atoms with van der Waals surface area (Å²) in [7, 11) is -0.938. The summed E-state index contributed by atoms with van der Waals surface area (Å²) >= 11 is 0. The van der Waals surface area contributed by atoms with Crippen LogP contribution in [0.4, 0.5) is 0 Å². The minimum atomic E-state index is -0.938. The third-order valence-corrected chi connectivity index (χ3v) is 3.69. The second-order valence-electron chi connectivity index (χ2n) is 4.76. The molecule has 0 aliphatic carbocycles. The molecule has 0 spiro atoms. The second kappa shape index (κ2) is 5.11. The normalized spacial score (nSPS) is 17.5. The number of hydrogen-bond donors (Lipinski definition) is 1. The highest BCUT2D eigenvalue weighted by atomic mass is 32.2. The van der Waals surface area contributed by atoms with Crippen LogP contribution in [0.25, 0.3) is 0 Å². The van der Waals surface area contributed by atoms with Gasteiger partial charge in [-0.3, -0.25) is 0 Å². The van der Waals surface area contributed by atoms with Crippen LogP contribution in [-0.4, -0.2) is 15.0 Å². The maximum atomic E-state index is 11.7. The molecular weight excluding hydrogens is 182 g/mol. The topological polar surface area (TPSA) is 29.1 Å². The Bertz CT molecular complexity index is 172. The van der Waals surface area contributed by atoms with Gasteiger partial charge in [-0.1, -0.05) is 20.8 Å². The fourth-order valence-corrected chi connectivity index (χ4v) is 2.07. The van der Waals surface area contributed by atoms with Gasteiger partial charge in [0.2, 0.25) is 0 Å². The highest BCUT2D eigenvalue weighted by Gasteiger charge is 2.23. The van der Waals surface area contributed by atoms with Crippen LogP contribution in [0.2, 0.25) is 0 Å². The first-order valence-corrected chi connectivity index (χ1v) is 6.12. The minimum Gasteiger partial charge on any atom is -0.242 e. The molecule has 0 fully saturated rings. The molecule has 0 aromatic carbocycles. The Balaban J connectivity index is 4.18. The van der Waals surface area contributed by atoms with Crippen LogP contribution < -0.4 is 4.72 Å². The lowest BCUT2D eigenvalue weighted by Crippen LogP contribution is -2.41. The summed E-state index contributed by atoms with van der Waals surface area (Å²) in [6.45, 7) is 12.4. The van der Waals surface area contributed by atoms with E-state index in [0.29, 0.717) is 12.0 Å². The predicted molar refractivity (Wildman–Crippen MR) is 59.9 cm³/mol. The van der Waals surface area contributed by atoms with Crippen LogP contribution in [0.15, 0.2) is 0 Å². The monoisotopic (exact) mass is 205 g/mol. The van der Waals surface area contributed by atoms with Crippen LogP contribution in [0.3, 0.4) is 0 Å². The molecule has 1 N–H and O–H groups in total. The molecule has 0 bridgehead atoms. The molecule has 13 heavy (non-hydrogen) atoms. The van der Waals surface area contributed by atoms with Crippen molar-refractivity contribution >= 4 is 11.0 Å². The Labute approximate surface area is 85.1 Å². The number of rotatable bonds is 4. The summed E-state index contributed by atoms with van der Waals surface area (Å²) in [5.74, 6) is 0.538. The highest BCUT2D eigenvalue weighted by molar-refractivity contribution is 7.84. The third-order valence-electron chi connectivity index (χ3n) is 2.06. The number of hydrogen-bond acceptors (Lipinski definition) is 1. The maximum absolute atomic E-state index is 11.7. The summed E-state index contributed by atoms with van der Waals surface area (Å²) in [4.78, 5) is 0. The first-order valence-electron chi connectivity index (χ1n) is 4.97. The van der Waals surface area contributed by atoms with Crippen LogP contribution >= 0.6 is 0 Å². The Morgan fingerprint density at radius 3 is 2.00 bits per heavy atom. The fourth-order valence-electron chi connectivity index (χ4n) is 1.01. The standard InChI is InChI=1S/C10H23NOS/c1-7-9(8(2)3)11-13(12)10(4,5)6/h8-9,11H,7H2,1-6H3/t9-,13-/m0/s1. The van der Waals surface area contributed by atoms with Crippen molar-refractivity contribution in [2.45, 2.75) is 58.8 Å². The summed E-state index contributed by atoms with van der Waals surface area (Å²) in [5, 5.41) is 0. The lowest BCUT2D eigenvalue weighted by molar-refractivity contribution is 0.445. The van der Waals surface area contributed by atoms with Crippen LogP contribution in [0.1, 0.15) is 48.0 Å². The molecule has 0 saturated heterocycles. The SMILES string of the molecule is CC[C@H](N[S@@](=O)C(C)(C)C)C(C)C. The molecule has 0 aromatic heterocycles. The molecule has 2 nitrogen and oxygen atoms in total. The van der Waals surface area contributed by atoms with Gasteiger partial charge in [-0.15, -0.1) is 0 Å². The van der Waals surface area contributed by atoms with E-state index in [1.54, 1.807) is 0 Å². The van der Waals surface area contributed by atoms with Crippen molar-refractivity contribution in [2.75, 3.05) is 0 Å². The molecule has 0 heterocycles. The molecule has 0 aromatic rings. The van der Waals surface area contributed by atoms with Crippen LogP contribution in [0.5, 0.6) is 0 Å². The molecule has 0 aliphatic rings. The zero-order valence-electron chi connectivity index (χ0n) is 9.68. The summed E-state index contributed by atoms with van der Waals surface area (Å²) in [6.07, 6.45) is 1.03. The first kappa shape index (κ1) is 13.1. The predicted octanol–water partition coefficient (Wildman–Crippen LogP) is 2.47. The number of nitrogens with one attached hydrogen (secondary N) is 1. The molecule has 2 atom stereocenters. The van der Waals surface area contributed by atoms with Gasteiger partial charge in [0.25, 0.3) is 0 Å². The quantitative estimate of drug-likeness (QED) is 0.750. The summed E-state index contributed by atoms with van der Waals surface area (Å²) in [6, 6.07) is 0.361. The fraction of sp³-hybridized carbons (Fsp3) is 1.00. The summed E-state index contributed by atoms with van der Waals surface area (Å²) in [5.41, 5.74) is 0. The Morgan fingerprint density at radius 2 is 1.77 bits per heavy atom. The van der Waals surface area contributed by atoms with Crippen molar-refractivity contribution in [3.8, 4) is 0 Å². The second-order valence-corrected chi connectivity index (χ2v) is 6.76. The van der Waals surface area contributed by atoms with Crippen molar-refractivity contribution in [1.29, 1.82) is 0 Å². The Morgan fingerprint density at radius 1 is 1.31 bits per heavy atom. The van der Waals surface area contributed by atoms with Gasteiger partial charge in [0.15, 0.2) is 0 Å². The highest BCUT2D eigenvalue weighted by Crippen LogP contribution is 2.13. The lowest BCUT2D eigenvalue weighted by Gasteiger charge is -2.25. The van der Waals surface area contributed by atoms with Gasteiger partial charge < -0.3 is 0 Å². The van der Waals surface area contributed by atoms with E-state index in [0.717, 1.165) is 6.42 Å². The van der Waals surface area contributed by atoms with E-state index >= 15 is 0 Å². The minimum absolute atomic E-state index is 0.164. The van der Waals surface area contributed by atoms with Crippen LogP contribution in [0, 0.1) is 5.92 Å². The smallest absolute Gasteiger partial charge is 0.0972 e. The van der Waals surface area contributed by atoms with E-state index in [1.807, 2.05) is 20.8 Å². The zero-order chi connectivity index (χ0) is 10.6. The molecule has 80 valence electrons. The van der Waals surface area contributed by atoms with Crippen molar-refractivity contribution in [3.63, 3.8) is 0 Å². The molecular formula is C10H23NOS. The third kappa shape index (κ3) is 4.77. The van der Waals surface area contributed by atoms with E-state index < -0.39 is 11.0 Å². The molecule has 3 heteroatoms. The van der Waals surface area contributed by atoms with E-state index in [1.165, 1.54) is 0 Å². The first-order chi connectivity index (χ1) is 5.79. The lowest BCUT2D eigenvalue weighted by atomic mass is 10.0. The van der Waals surface area contributed by atoms with Gasteiger partial charge >= 0.3 is 0 Å². The van der Waals surface area contributed by atoms with Gasteiger partial charge in [0, 0.05) is 6.04 Å². The average molecular weight is 205 g/mol. The van der Waals surface area contributed by atoms with Crippen molar-refractivity contribution < 1.29 is 4.21 Å². The van der Waals surface area contributed by atoms with E-state index in [-0.39, 0.29) is 4.75 Å². The largest absolute Gasteiger partial charge is 0.242 e. The molecule has 0 rings (SSSR count).